The maximum absolute atomic E-state index is 9.18. The lowest BCUT2D eigenvalue weighted by Crippen LogP contribution is -1.87. The molecule has 1 heterocycles. The smallest absolute Gasteiger partial charge is 0.293 e. The van der Waals surface area contributed by atoms with Crippen LogP contribution in [-0.4, -0.2) is 32.3 Å². The highest BCUT2D eigenvalue weighted by Crippen LogP contribution is 2.29. The van der Waals surface area contributed by atoms with Crippen LogP contribution >= 0.6 is 0 Å². The van der Waals surface area contributed by atoms with Crippen molar-refractivity contribution >= 4 is 17.4 Å². The molecule has 1 aromatic heterocycles. The Kier molecular flexibility index (Phi) is 5.57. The zero-order valence-corrected chi connectivity index (χ0v) is 10.7. The van der Waals surface area contributed by atoms with Gasteiger partial charge < -0.3 is 19.2 Å². The molecule has 0 aliphatic carbocycles. The maximum atomic E-state index is 9.18. The largest absolute Gasteiger partial charge is 0.497 e. The van der Waals surface area contributed by atoms with Crippen molar-refractivity contribution in [3.8, 4) is 11.5 Å². The molecule has 98 valence electrons. The summed E-state index contributed by atoms with van der Waals surface area (Å²) in [5.74, 6) is 1.61. The molecule has 0 radical (unpaired) electrons. The molecule has 0 aliphatic rings. The van der Waals surface area contributed by atoms with E-state index in [4.69, 9.17) is 9.47 Å². The molecule has 0 atom stereocenters. The number of nitrogens with one attached hydrogen (secondary N) is 1. The number of hydrogen-bond donors (Lipinski definition) is 1. The molecule has 2 aromatic rings. The van der Waals surface area contributed by atoms with E-state index < -0.39 is 0 Å². The van der Waals surface area contributed by atoms with E-state index in [0.29, 0.717) is 13.1 Å². The van der Waals surface area contributed by atoms with Crippen molar-refractivity contribution in [3.63, 3.8) is 0 Å². The first-order chi connectivity index (χ1) is 8.76. The molecule has 2 rings (SSSR count). The van der Waals surface area contributed by atoms with Crippen molar-refractivity contribution < 1.29 is 19.0 Å². The first-order valence-corrected chi connectivity index (χ1v) is 5.51. The monoisotopic (exact) mass is 251 g/mol. The van der Waals surface area contributed by atoms with E-state index in [1.807, 2.05) is 24.4 Å². The van der Waals surface area contributed by atoms with E-state index in [2.05, 4.69) is 9.72 Å². The van der Waals surface area contributed by atoms with Crippen LogP contribution in [0.4, 0.5) is 0 Å². The van der Waals surface area contributed by atoms with Gasteiger partial charge in [0.1, 0.15) is 11.5 Å². The third-order valence-electron chi connectivity index (χ3n) is 2.29. The summed E-state index contributed by atoms with van der Waals surface area (Å²) in [4.78, 5) is 12.3. The van der Waals surface area contributed by atoms with Crippen molar-refractivity contribution in [2.24, 2.45) is 0 Å². The summed E-state index contributed by atoms with van der Waals surface area (Å²) in [6.45, 7) is 2.66. The van der Waals surface area contributed by atoms with Gasteiger partial charge in [-0.2, -0.15) is 0 Å². The normalized spacial score (nSPS) is 9.28. The molecule has 0 bridgehead atoms. The summed E-state index contributed by atoms with van der Waals surface area (Å²) < 4.78 is 14.5. The number of methoxy groups -OCH3 is 2. The first-order valence-electron chi connectivity index (χ1n) is 5.51. The summed E-state index contributed by atoms with van der Waals surface area (Å²) in [6, 6.07) is 5.81. The zero-order valence-electron chi connectivity index (χ0n) is 10.7. The van der Waals surface area contributed by atoms with Gasteiger partial charge in [0, 0.05) is 17.6 Å². The van der Waals surface area contributed by atoms with Crippen molar-refractivity contribution in [2.75, 3.05) is 20.8 Å². The average molecular weight is 251 g/mol. The molecule has 0 fully saturated rings. The quantitative estimate of drug-likeness (QED) is 0.847. The molecule has 1 N–H and O–H groups in total. The number of fused-ring (bicyclic) bond motifs is 1. The standard InChI is InChI=1S/C10H11NO2.C3H6O2/c1-12-8-5-7-3-4-11-10(7)9(6-8)13-2;1-2-5-3-4/h3-6,11H,1-2H3;3H,2H2,1H3. The predicted octanol–water partition coefficient (Wildman–Crippen LogP) is 2.36. The Labute approximate surface area is 106 Å². The molecular weight excluding hydrogens is 234 g/mol. The molecule has 0 amide bonds. The van der Waals surface area contributed by atoms with Crippen LogP contribution in [0.3, 0.4) is 0 Å². The first kappa shape index (κ1) is 13.9. The Balaban J connectivity index is 0.000000280. The van der Waals surface area contributed by atoms with Crippen molar-refractivity contribution in [1.82, 2.24) is 4.98 Å². The number of aromatic amines is 1. The fourth-order valence-electron chi connectivity index (χ4n) is 1.46. The minimum atomic E-state index is 0.431. The fraction of sp³-hybridized carbons (Fsp3) is 0.308. The lowest BCUT2D eigenvalue weighted by Gasteiger charge is -2.04. The Bertz CT molecular complexity index is 493. The van der Waals surface area contributed by atoms with Gasteiger partial charge in [-0.05, 0) is 19.1 Å². The summed E-state index contributed by atoms with van der Waals surface area (Å²) in [6.07, 6.45) is 1.88. The number of carbonyl (C=O) groups excluding carboxylic acids is 1. The fourth-order valence-corrected chi connectivity index (χ4v) is 1.46. The number of ether oxygens (including phenoxy) is 3. The topological polar surface area (TPSA) is 60.6 Å². The van der Waals surface area contributed by atoms with Gasteiger partial charge in [0.2, 0.25) is 0 Å². The predicted molar refractivity (Wildman–Crippen MR) is 69.1 cm³/mol. The number of carbonyl (C=O) groups is 1. The molecule has 1 aromatic carbocycles. The van der Waals surface area contributed by atoms with E-state index >= 15 is 0 Å². The molecule has 0 saturated heterocycles. The van der Waals surface area contributed by atoms with Crippen LogP contribution in [0.15, 0.2) is 24.4 Å². The minimum absolute atomic E-state index is 0.431. The number of rotatable bonds is 4. The number of H-pyrrole nitrogens is 1. The second-order valence-electron chi connectivity index (χ2n) is 3.32. The maximum Gasteiger partial charge on any atom is 0.293 e. The molecule has 18 heavy (non-hydrogen) atoms. The molecule has 0 spiro atoms. The lowest BCUT2D eigenvalue weighted by atomic mass is 10.2. The number of hydrogen-bond acceptors (Lipinski definition) is 4. The van der Waals surface area contributed by atoms with E-state index in [-0.39, 0.29) is 0 Å². The lowest BCUT2D eigenvalue weighted by molar-refractivity contribution is -0.128. The van der Waals surface area contributed by atoms with Gasteiger partial charge in [-0.25, -0.2) is 0 Å². The van der Waals surface area contributed by atoms with E-state index in [0.717, 1.165) is 22.4 Å². The van der Waals surface area contributed by atoms with Gasteiger partial charge in [-0.15, -0.1) is 0 Å². The molecule has 0 aliphatic heterocycles. The average Bonchev–Trinajstić information content (AvgIpc) is 2.87. The van der Waals surface area contributed by atoms with Crippen LogP contribution in [0, 0.1) is 0 Å². The Morgan fingerprint density at radius 3 is 2.56 bits per heavy atom. The van der Waals surface area contributed by atoms with Crippen LogP contribution in [0.1, 0.15) is 6.92 Å². The molecule has 5 nitrogen and oxygen atoms in total. The number of aromatic nitrogens is 1. The van der Waals surface area contributed by atoms with Crippen LogP contribution < -0.4 is 9.47 Å². The SMILES string of the molecule is CCOC=O.COc1cc(OC)c2[nH]ccc2c1. The Morgan fingerprint density at radius 1 is 1.28 bits per heavy atom. The van der Waals surface area contributed by atoms with Crippen molar-refractivity contribution in [1.29, 1.82) is 0 Å². The Hall–Kier alpha value is -2.17. The van der Waals surface area contributed by atoms with Crippen molar-refractivity contribution in [2.45, 2.75) is 6.92 Å². The van der Waals surface area contributed by atoms with Gasteiger partial charge in [0.05, 0.1) is 26.3 Å². The summed E-state index contributed by atoms with van der Waals surface area (Å²) >= 11 is 0. The molecule has 5 heteroatoms. The van der Waals surface area contributed by atoms with E-state index in [1.54, 1.807) is 21.1 Å². The summed E-state index contributed by atoms with van der Waals surface area (Å²) in [5.41, 5.74) is 1.00. The van der Waals surface area contributed by atoms with Gasteiger partial charge >= 0.3 is 0 Å². The number of benzene rings is 1. The van der Waals surface area contributed by atoms with Gasteiger partial charge in [-0.1, -0.05) is 0 Å². The second-order valence-corrected chi connectivity index (χ2v) is 3.32. The highest BCUT2D eigenvalue weighted by atomic mass is 16.5. The molecular formula is C13H17NO4. The van der Waals surface area contributed by atoms with E-state index in [1.165, 1.54) is 0 Å². The zero-order chi connectivity index (χ0) is 13.4. The van der Waals surface area contributed by atoms with Gasteiger partial charge in [0.15, 0.2) is 0 Å². The van der Waals surface area contributed by atoms with Crippen LogP contribution in [0.2, 0.25) is 0 Å². The highest BCUT2D eigenvalue weighted by molar-refractivity contribution is 5.86. The molecule has 0 saturated carbocycles. The molecule has 0 unspecified atom stereocenters. The van der Waals surface area contributed by atoms with Crippen LogP contribution in [0.5, 0.6) is 11.5 Å². The minimum Gasteiger partial charge on any atom is -0.497 e. The van der Waals surface area contributed by atoms with Crippen LogP contribution in [0.25, 0.3) is 10.9 Å². The second kappa shape index (κ2) is 7.21. The van der Waals surface area contributed by atoms with Gasteiger partial charge in [-0.3, -0.25) is 4.79 Å². The van der Waals surface area contributed by atoms with E-state index in [9.17, 15) is 4.79 Å². The highest BCUT2D eigenvalue weighted by Gasteiger charge is 2.04. The third kappa shape index (κ3) is 3.41. The summed E-state index contributed by atoms with van der Waals surface area (Å²) in [5, 5.41) is 1.09. The summed E-state index contributed by atoms with van der Waals surface area (Å²) in [7, 11) is 3.29. The Morgan fingerprint density at radius 2 is 2.06 bits per heavy atom. The third-order valence-corrected chi connectivity index (χ3v) is 2.29. The van der Waals surface area contributed by atoms with Gasteiger partial charge in [0.25, 0.3) is 6.47 Å². The van der Waals surface area contributed by atoms with Crippen LogP contribution in [-0.2, 0) is 9.53 Å². The van der Waals surface area contributed by atoms with Crippen molar-refractivity contribution in [3.05, 3.63) is 24.4 Å².